The smallest absolute Gasteiger partial charge is 0.107 e. The van der Waals surface area contributed by atoms with Crippen molar-refractivity contribution >= 4 is 11.3 Å². The molecular formula is C14H26N2OS. The van der Waals surface area contributed by atoms with E-state index in [2.05, 4.69) is 43.4 Å². The lowest BCUT2D eigenvalue weighted by Gasteiger charge is -2.19. The fraction of sp³-hybridized carbons (Fsp3) is 0.786. The lowest BCUT2D eigenvalue weighted by atomic mass is 10.1. The lowest BCUT2D eigenvalue weighted by molar-refractivity contribution is 0.115. The molecule has 4 heteroatoms. The fourth-order valence-electron chi connectivity index (χ4n) is 1.47. The van der Waals surface area contributed by atoms with Crippen molar-refractivity contribution in [2.24, 2.45) is 0 Å². The van der Waals surface area contributed by atoms with Gasteiger partial charge < -0.3 is 10.1 Å². The largest absolute Gasteiger partial charge is 0.375 e. The molecule has 104 valence electrons. The second-order valence-electron chi connectivity index (χ2n) is 5.60. The minimum absolute atomic E-state index is 0.141. The summed E-state index contributed by atoms with van der Waals surface area (Å²) in [5, 5.41) is 6.68. The predicted molar refractivity (Wildman–Crippen MR) is 77.9 cm³/mol. The van der Waals surface area contributed by atoms with E-state index in [-0.39, 0.29) is 5.54 Å². The van der Waals surface area contributed by atoms with Gasteiger partial charge in [-0.2, -0.15) is 0 Å². The average molecular weight is 270 g/mol. The molecule has 0 radical (unpaired) electrons. The number of nitrogens with one attached hydrogen (secondary N) is 1. The zero-order valence-electron chi connectivity index (χ0n) is 12.1. The van der Waals surface area contributed by atoms with Gasteiger partial charge in [0.1, 0.15) is 5.01 Å². The molecule has 0 aromatic carbocycles. The van der Waals surface area contributed by atoms with E-state index in [1.165, 1.54) is 12.8 Å². The van der Waals surface area contributed by atoms with E-state index < -0.39 is 0 Å². The van der Waals surface area contributed by atoms with Crippen molar-refractivity contribution in [3.63, 3.8) is 0 Å². The van der Waals surface area contributed by atoms with Crippen LogP contribution in [0.15, 0.2) is 5.38 Å². The molecular weight excluding hydrogens is 244 g/mol. The zero-order valence-corrected chi connectivity index (χ0v) is 12.9. The van der Waals surface area contributed by atoms with Gasteiger partial charge in [-0.05, 0) is 27.2 Å². The van der Waals surface area contributed by atoms with Gasteiger partial charge >= 0.3 is 0 Å². The number of unbranched alkanes of at least 4 members (excludes halogenated alkanes) is 2. The van der Waals surface area contributed by atoms with Crippen LogP contribution in [0.25, 0.3) is 0 Å². The monoisotopic (exact) mass is 270 g/mol. The molecule has 0 amide bonds. The van der Waals surface area contributed by atoms with E-state index >= 15 is 0 Å². The van der Waals surface area contributed by atoms with Gasteiger partial charge in [-0.25, -0.2) is 4.98 Å². The molecule has 1 aromatic heterocycles. The van der Waals surface area contributed by atoms with Gasteiger partial charge in [0.25, 0.3) is 0 Å². The summed E-state index contributed by atoms with van der Waals surface area (Å²) < 4.78 is 5.60. The molecule has 0 fully saturated rings. The quantitative estimate of drug-likeness (QED) is 0.731. The molecule has 0 aliphatic carbocycles. The fourth-order valence-corrected chi connectivity index (χ4v) is 2.19. The number of aromatic nitrogens is 1. The molecule has 1 rings (SSSR count). The maximum absolute atomic E-state index is 5.60. The third kappa shape index (κ3) is 7.09. The molecule has 0 aliphatic heterocycles. The van der Waals surface area contributed by atoms with Crippen molar-refractivity contribution in [1.29, 1.82) is 0 Å². The summed E-state index contributed by atoms with van der Waals surface area (Å²) in [6.07, 6.45) is 3.64. The van der Waals surface area contributed by atoms with Gasteiger partial charge in [0.15, 0.2) is 0 Å². The molecule has 0 saturated heterocycles. The molecule has 0 saturated carbocycles. The first-order valence-electron chi connectivity index (χ1n) is 6.77. The molecule has 1 heterocycles. The Labute approximate surface area is 115 Å². The molecule has 0 bridgehead atoms. The Morgan fingerprint density at radius 3 is 2.78 bits per heavy atom. The maximum atomic E-state index is 5.60. The highest BCUT2D eigenvalue weighted by molar-refractivity contribution is 7.09. The summed E-state index contributed by atoms with van der Waals surface area (Å²) in [5.74, 6) is 0. The molecule has 0 unspecified atom stereocenters. The lowest BCUT2D eigenvalue weighted by Crippen LogP contribution is -2.35. The molecule has 3 nitrogen and oxygen atoms in total. The van der Waals surface area contributed by atoms with E-state index in [1.807, 2.05) is 0 Å². The molecule has 0 atom stereocenters. The van der Waals surface area contributed by atoms with Crippen LogP contribution in [0.1, 0.15) is 57.7 Å². The van der Waals surface area contributed by atoms with Crippen molar-refractivity contribution in [2.45, 2.75) is 65.6 Å². The van der Waals surface area contributed by atoms with Crippen LogP contribution in [0.5, 0.6) is 0 Å². The Morgan fingerprint density at radius 1 is 1.33 bits per heavy atom. The number of hydrogen-bond donors (Lipinski definition) is 1. The minimum Gasteiger partial charge on any atom is -0.375 e. The molecule has 1 aromatic rings. The van der Waals surface area contributed by atoms with Gasteiger partial charge in [0, 0.05) is 24.1 Å². The summed E-state index contributed by atoms with van der Waals surface area (Å²) in [6, 6.07) is 0. The third-order valence-corrected chi connectivity index (χ3v) is 3.41. The Kier molecular flexibility index (Phi) is 6.82. The third-order valence-electron chi connectivity index (χ3n) is 2.51. The Hall–Kier alpha value is -0.450. The first kappa shape index (κ1) is 15.6. The zero-order chi connectivity index (χ0) is 13.4. The van der Waals surface area contributed by atoms with Crippen LogP contribution in [-0.2, 0) is 17.9 Å². The summed E-state index contributed by atoms with van der Waals surface area (Å²) in [6.45, 7) is 11.0. The SMILES string of the molecule is CCCCCOCc1csc(CNC(C)(C)C)n1. The van der Waals surface area contributed by atoms with Gasteiger partial charge in [-0.1, -0.05) is 19.8 Å². The minimum atomic E-state index is 0.141. The first-order chi connectivity index (χ1) is 8.51. The number of thiazole rings is 1. The average Bonchev–Trinajstić information content (AvgIpc) is 2.73. The van der Waals surface area contributed by atoms with E-state index in [1.54, 1.807) is 11.3 Å². The highest BCUT2D eigenvalue weighted by Crippen LogP contribution is 2.12. The Bertz CT molecular complexity index is 331. The van der Waals surface area contributed by atoms with Crippen molar-refractivity contribution in [1.82, 2.24) is 10.3 Å². The molecule has 0 aliphatic rings. The van der Waals surface area contributed by atoms with Crippen LogP contribution in [0.3, 0.4) is 0 Å². The molecule has 1 N–H and O–H groups in total. The normalized spacial score (nSPS) is 12.0. The van der Waals surface area contributed by atoms with E-state index in [0.717, 1.165) is 30.3 Å². The van der Waals surface area contributed by atoms with Gasteiger partial charge in [-0.3, -0.25) is 0 Å². The number of hydrogen-bond acceptors (Lipinski definition) is 4. The standard InChI is InChI=1S/C14H26N2OS/c1-5-6-7-8-17-10-12-11-18-13(16-12)9-15-14(2,3)4/h11,15H,5-10H2,1-4H3. The number of nitrogens with zero attached hydrogens (tertiary/aromatic N) is 1. The topological polar surface area (TPSA) is 34.1 Å². The molecule has 18 heavy (non-hydrogen) atoms. The van der Waals surface area contributed by atoms with Crippen LogP contribution >= 0.6 is 11.3 Å². The summed E-state index contributed by atoms with van der Waals surface area (Å²) in [5.41, 5.74) is 1.20. The first-order valence-corrected chi connectivity index (χ1v) is 7.65. The van der Waals surface area contributed by atoms with Crippen molar-refractivity contribution < 1.29 is 4.74 Å². The van der Waals surface area contributed by atoms with Gasteiger partial charge in [0.2, 0.25) is 0 Å². The highest BCUT2D eigenvalue weighted by atomic mass is 32.1. The van der Waals surface area contributed by atoms with E-state index in [9.17, 15) is 0 Å². The number of ether oxygens (including phenoxy) is 1. The van der Waals surface area contributed by atoms with Gasteiger partial charge in [0.05, 0.1) is 12.3 Å². The van der Waals surface area contributed by atoms with Crippen molar-refractivity contribution in [3.8, 4) is 0 Å². The second kappa shape index (κ2) is 7.87. The van der Waals surface area contributed by atoms with Crippen LogP contribution in [0, 0.1) is 0 Å². The summed E-state index contributed by atoms with van der Waals surface area (Å²) >= 11 is 1.70. The predicted octanol–water partition coefficient (Wildman–Crippen LogP) is 3.74. The van der Waals surface area contributed by atoms with Gasteiger partial charge in [-0.15, -0.1) is 11.3 Å². The Morgan fingerprint density at radius 2 is 2.11 bits per heavy atom. The highest BCUT2D eigenvalue weighted by Gasteiger charge is 2.10. The van der Waals surface area contributed by atoms with Crippen LogP contribution in [0.2, 0.25) is 0 Å². The second-order valence-corrected chi connectivity index (χ2v) is 6.54. The summed E-state index contributed by atoms with van der Waals surface area (Å²) in [4.78, 5) is 4.56. The van der Waals surface area contributed by atoms with E-state index in [4.69, 9.17) is 4.74 Å². The number of rotatable bonds is 8. The maximum Gasteiger partial charge on any atom is 0.107 e. The van der Waals surface area contributed by atoms with Crippen LogP contribution < -0.4 is 5.32 Å². The van der Waals surface area contributed by atoms with Crippen molar-refractivity contribution in [3.05, 3.63) is 16.1 Å². The van der Waals surface area contributed by atoms with Crippen LogP contribution in [-0.4, -0.2) is 17.1 Å². The Balaban J connectivity index is 2.22. The summed E-state index contributed by atoms with van der Waals surface area (Å²) in [7, 11) is 0. The van der Waals surface area contributed by atoms with Crippen LogP contribution in [0.4, 0.5) is 0 Å². The molecule has 0 spiro atoms. The van der Waals surface area contributed by atoms with E-state index in [0.29, 0.717) is 6.61 Å². The van der Waals surface area contributed by atoms with Crippen molar-refractivity contribution in [2.75, 3.05) is 6.61 Å².